The van der Waals surface area contributed by atoms with Crippen LogP contribution in [0.1, 0.15) is 30.9 Å². The summed E-state index contributed by atoms with van der Waals surface area (Å²) in [5, 5.41) is 12.6. The Bertz CT molecular complexity index is 751. The molecule has 9 heteroatoms. The second-order valence-electron chi connectivity index (χ2n) is 7.29. The van der Waals surface area contributed by atoms with Crippen molar-refractivity contribution >= 4 is 41.2 Å². The molecule has 7 nitrogen and oxygen atoms in total. The van der Waals surface area contributed by atoms with Crippen molar-refractivity contribution in [2.75, 3.05) is 20.2 Å². The number of hydrogen-bond donors (Lipinski definition) is 2. The van der Waals surface area contributed by atoms with Crippen molar-refractivity contribution < 1.29 is 24.2 Å². The van der Waals surface area contributed by atoms with E-state index in [1.165, 1.54) is 12.0 Å². The minimum atomic E-state index is -0.926. The van der Waals surface area contributed by atoms with Crippen LogP contribution in [0.2, 0.25) is 10.0 Å². The van der Waals surface area contributed by atoms with E-state index >= 15 is 0 Å². The summed E-state index contributed by atoms with van der Waals surface area (Å²) in [7, 11) is 1.28. The lowest BCUT2D eigenvalue weighted by molar-refractivity contribution is -0.144. The molecule has 1 atom stereocenters. The van der Waals surface area contributed by atoms with Crippen LogP contribution in [0.3, 0.4) is 0 Å². The van der Waals surface area contributed by atoms with Crippen LogP contribution in [0.15, 0.2) is 18.2 Å². The van der Waals surface area contributed by atoms with Gasteiger partial charge in [-0.25, -0.2) is 4.79 Å². The lowest BCUT2D eigenvalue weighted by Crippen LogP contribution is -2.65. The largest absolute Gasteiger partial charge is 0.469 e. The fourth-order valence-electron chi connectivity index (χ4n) is 3.90. The predicted octanol–water partition coefficient (Wildman–Crippen LogP) is 3.10. The molecule has 1 unspecified atom stereocenters. The summed E-state index contributed by atoms with van der Waals surface area (Å²) < 4.78 is 4.72. The molecule has 2 amide bonds. The monoisotopic (exact) mass is 414 g/mol. The van der Waals surface area contributed by atoms with Gasteiger partial charge in [0, 0.05) is 34.5 Å². The molecule has 0 radical (unpaired) electrons. The number of carbonyl (C=O) groups is 3. The summed E-state index contributed by atoms with van der Waals surface area (Å²) in [6, 6.07) is 4.28. The summed E-state index contributed by atoms with van der Waals surface area (Å²) in [5.41, 5.74) is 0.554. The number of nitrogens with zero attached hydrogens (tertiary/aromatic N) is 1. The van der Waals surface area contributed by atoms with Gasteiger partial charge in [-0.05, 0) is 36.6 Å². The summed E-state index contributed by atoms with van der Waals surface area (Å²) in [4.78, 5) is 36.6. The molecule has 146 valence electrons. The van der Waals surface area contributed by atoms with Crippen LogP contribution in [-0.2, 0) is 14.3 Å². The molecule has 0 aromatic heterocycles. The lowest BCUT2D eigenvalue weighted by Gasteiger charge is -2.57. The summed E-state index contributed by atoms with van der Waals surface area (Å²) >= 11 is 12.1. The molecule has 2 aliphatic rings. The van der Waals surface area contributed by atoms with Gasteiger partial charge in [-0.1, -0.05) is 23.2 Å². The Morgan fingerprint density at radius 1 is 1.26 bits per heavy atom. The maximum absolute atomic E-state index is 12.6. The molecule has 3 rings (SSSR count). The van der Waals surface area contributed by atoms with Crippen molar-refractivity contribution in [2.45, 2.75) is 25.3 Å². The second kappa shape index (κ2) is 7.56. The van der Waals surface area contributed by atoms with Crippen LogP contribution in [-0.4, -0.2) is 48.2 Å². The van der Waals surface area contributed by atoms with Crippen LogP contribution in [0, 0.1) is 11.3 Å². The highest BCUT2D eigenvalue weighted by molar-refractivity contribution is 6.34. The maximum Gasteiger partial charge on any atom is 0.407 e. The van der Waals surface area contributed by atoms with Gasteiger partial charge >= 0.3 is 12.1 Å². The molecule has 1 heterocycles. The van der Waals surface area contributed by atoms with Crippen LogP contribution < -0.4 is 5.32 Å². The topological polar surface area (TPSA) is 95.9 Å². The molecular weight excluding hydrogens is 395 g/mol. The SMILES string of the molecule is COC(=O)CC(NC(=O)C1CC2(C1)CN(C(=O)O)C2)c1cc(Cl)cc(Cl)c1. The molecule has 1 aliphatic heterocycles. The molecule has 2 N–H and O–H groups in total. The first kappa shape index (κ1) is 19.8. The summed E-state index contributed by atoms with van der Waals surface area (Å²) in [6.07, 6.45) is 0.321. The number of carbonyl (C=O) groups excluding carboxylic acids is 2. The second-order valence-corrected chi connectivity index (χ2v) is 8.16. The molecule has 1 saturated heterocycles. The Balaban J connectivity index is 1.63. The zero-order valence-corrected chi connectivity index (χ0v) is 16.2. The average Bonchev–Trinajstić information content (AvgIpc) is 2.50. The molecule has 2 fully saturated rings. The molecule has 1 aliphatic carbocycles. The summed E-state index contributed by atoms with van der Waals surface area (Å²) in [5.74, 6) is -0.826. The minimum Gasteiger partial charge on any atom is -0.469 e. The minimum absolute atomic E-state index is 0.0381. The van der Waals surface area contributed by atoms with Gasteiger partial charge in [0.1, 0.15) is 0 Å². The Hall–Kier alpha value is -1.99. The van der Waals surface area contributed by atoms with E-state index in [1.54, 1.807) is 18.2 Å². The number of benzene rings is 1. The molecule has 1 aromatic carbocycles. The van der Waals surface area contributed by atoms with Gasteiger partial charge < -0.3 is 20.1 Å². The fourth-order valence-corrected chi connectivity index (χ4v) is 4.44. The third-order valence-corrected chi connectivity index (χ3v) is 5.69. The first-order valence-electron chi connectivity index (χ1n) is 8.52. The zero-order valence-electron chi connectivity index (χ0n) is 14.7. The Morgan fingerprint density at radius 2 is 1.85 bits per heavy atom. The van der Waals surface area contributed by atoms with Gasteiger partial charge in [0.2, 0.25) is 5.91 Å². The van der Waals surface area contributed by atoms with Crippen LogP contribution in [0.25, 0.3) is 0 Å². The lowest BCUT2D eigenvalue weighted by atomic mass is 9.57. The number of likely N-dealkylation sites (tertiary alicyclic amines) is 1. The number of ether oxygens (including phenoxy) is 1. The van der Waals surface area contributed by atoms with E-state index < -0.39 is 18.1 Å². The highest BCUT2D eigenvalue weighted by atomic mass is 35.5. The molecule has 1 saturated carbocycles. The van der Waals surface area contributed by atoms with Crippen molar-refractivity contribution in [3.8, 4) is 0 Å². The summed E-state index contributed by atoms with van der Waals surface area (Å²) in [6.45, 7) is 0.948. The maximum atomic E-state index is 12.6. The molecule has 1 spiro atoms. The van der Waals surface area contributed by atoms with Crippen LogP contribution in [0.4, 0.5) is 4.79 Å². The predicted molar refractivity (Wildman–Crippen MR) is 98.7 cm³/mol. The van der Waals surface area contributed by atoms with Crippen LogP contribution in [0.5, 0.6) is 0 Å². The number of nitrogens with one attached hydrogen (secondary N) is 1. The number of esters is 1. The zero-order chi connectivity index (χ0) is 19.8. The van der Waals surface area contributed by atoms with Gasteiger partial charge in [0.15, 0.2) is 0 Å². The standard InChI is InChI=1S/C18H20Cl2N2O5/c1-27-15(23)5-14(10-2-12(19)4-13(20)3-10)21-16(24)11-6-18(7-11)8-22(9-18)17(25)26/h2-4,11,14H,5-9H2,1H3,(H,21,24)(H,25,26). The number of hydrogen-bond acceptors (Lipinski definition) is 4. The molecular formula is C18H20Cl2N2O5. The highest BCUT2D eigenvalue weighted by Crippen LogP contribution is 2.52. The van der Waals surface area contributed by atoms with Gasteiger partial charge in [0.25, 0.3) is 0 Å². The quantitative estimate of drug-likeness (QED) is 0.721. The first-order valence-corrected chi connectivity index (χ1v) is 9.28. The van der Waals surface area contributed by atoms with Crippen molar-refractivity contribution in [1.29, 1.82) is 0 Å². The van der Waals surface area contributed by atoms with E-state index in [0.29, 0.717) is 41.5 Å². The van der Waals surface area contributed by atoms with Gasteiger partial charge in [-0.3, -0.25) is 9.59 Å². The van der Waals surface area contributed by atoms with Crippen molar-refractivity contribution in [2.24, 2.45) is 11.3 Å². The number of amides is 2. The molecule has 1 aromatic rings. The van der Waals surface area contributed by atoms with Crippen molar-refractivity contribution in [1.82, 2.24) is 10.2 Å². The Kier molecular flexibility index (Phi) is 5.53. The Morgan fingerprint density at radius 3 is 2.37 bits per heavy atom. The number of carboxylic acid groups (broad SMARTS) is 1. The first-order chi connectivity index (χ1) is 12.7. The third kappa shape index (κ3) is 4.30. The molecule has 0 bridgehead atoms. The van der Waals surface area contributed by atoms with E-state index in [9.17, 15) is 14.4 Å². The van der Waals surface area contributed by atoms with E-state index in [-0.39, 0.29) is 23.7 Å². The Labute approximate surface area is 166 Å². The number of rotatable bonds is 5. The average molecular weight is 415 g/mol. The van der Waals surface area contributed by atoms with Crippen molar-refractivity contribution in [3.63, 3.8) is 0 Å². The van der Waals surface area contributed by atoms with Crippen molar-refractivity contribution in [3.05, 3.63) is 33.8 Å². The highest BCUT2D eigenvalue weighted by Gasteiger charge is 2.55. The normalized spacial score (nSPS) is 19.0. The van der Waals surface area contributed by atoms with Gasteiger partial charge in [-0.15, -0.1) is 0 Å². The third-order valence-electron chi connectivity index (χ3n) is 5.25. The van der Waals surface area contributed by atoms with Gasteiger partial charge in [0.05, 0.1) is 19.6 Å². The smallest absolute Gasteiger partial charge is 0.407 e. The van der Waals surface area contributed by atoms with E-state index in [0.717, 1.165) is 0 Å². The molecule has 27 heavy (non-hydrogen) atoms. The number of halogens is 2. The number of methoxy groups -OCH3 is 1. The fraction of sp³-hybridized carbons (Fsp3) is 0.500. The van der Waals surface area contributed by atoms with E-state index in [4.69, 9.17) is 33.0 Å². The van der Waals surface area contributed by atoms with Crippen LogP contribution >= 0.6 is 23.2 Å². The van der Waals surface area contributed by atoms with E-state index in [2.05, 4.69) is 5.32 Å². The van der Waals surface area contributed by atoms with Gasteiger partial charge in [-0.2, -0.15) is 0 Å². The van der Waals surface area contributed by atoms with E-state index in [1.807, 2.05) is 0 Å².